The first-order valence-corrected chi connectivity index (χ1v) is 11.5. The summed E-state index contributed by atoms with van der Waals surface area (Å²) >= 11 is 0. The molecule has 2 heterocycles. The Hall–Kier alpha value is -3.70. The van der Waals surface area contributed by atoms with Crippen LogP contribution in [0.15, 0.2) is 47.0 Å². The summed E-state index contributed by atoms with van der Waals surface area (Å²) in [7, 11) is 0. The lowest BCUT2D eigenvalue weighted by molar-refractivity contribution is -0.138. The maximum atomic E-state index is 11.0. The number of ether oxygens (including phenoxy) is 1. The lowest BCUT2D eigenvalue weighted by atomic mass is 9.96. The number of carboxylic acid groups (broad SMARTS) is 1. The lowest BCUT2D eigenvalue weighted by Crippen LogP contribution is -2.27. The molecule has 1 atom stereocenters. The van der Waals surface area contributed by atoms with Crippen LogP contribution in [-0.4, -0.2) is 51.9 Å². The Morgan fingerprint density at radius 2 is 2.15 bits per heavy atom. The van der Waals surface area contributed by atoms with Crippen molar-refractivity contribution in [1.82, 2.24) is 15.0 Å². The molecule has 1 aliphatic heterocycles. The van der Waals surface area contributed by atoms with E-state index in [1.165, 1.54) is 0 Å². The zero-order valence-electron chi connectivity index (χ0n) is 19.4. The van der Waals surface area contributed by atoms with E-state index in [1.54, 1.807) is 12.1 Å². The fourth-order valence-electron chi connectivity index (χ4n) is 4.36. The Kier molecular flexibility index (Phi) is 7.24. The van der Waals surface area contributed by atoms with Gasteiger partial charge in [-0.05, 0) is 69.3 Å². The second-order valence-electron chi connectivity index (χ2n) is 8.89. The normalized spacial score (nSPS) is 16.0. The van der Waals surface area contributed by atoms with Gasteiger partial charge in [-0.1, -0.05) is 29.4 Å². The minimum Gasteiger partial charge on any atom is -0.490 e. The third-order valence-electron chi connectivity index (χ3n) is 5.94. The molecule has 2 aromatic carbocycles. The first-order chi connectivity index (χ1) is 16.4. The number of hydrogen-bond acceptors (Lipinski definition) is 7. The van der Waals surface area contributed by atoms with Gasteiger partial charge in [0.2, 0.25) is 5.82 Å². The van der Waals surface area contributed by atoms with E-state index in [0.717, 1.165) is 43.5 Å². The molecule has 1 saturated heterocycles. The standard InChI is InChI=1S/C26H28N4O4/c1-17(2)33-23-10-9-20(13-21(23)14-27)26-28-25(29-34-26)22-6-4-3-5-19(22)8-7-18-11-12-30(15-18)16-24(31)32/h3-6,9-10,13,17-18H,7-8,11-12,15-16H2,1-2H3,(H,31,32). The van der Waals surface area contributed by atoms with Gasteiger partial charge >= 0.3 is 5.97 Å². The third kappa shape index (κ3) is 5.61. The van der Waals surface area contributed by atoms with Crippen LogP contribution in [0.5, 0.6) is 5.75 Å². The van der Waals surface area contributed by atoms with Crippen molar-refractivity contribution in [2.45, 2.75) is 39.2 Å². The van der Waals surface area contributed by atoms with Gasteiger partial charge in [-0.2, -0.15) is 10.2 Å². The summed E-state index contributed by atoms with van der Waals surface area (Å²) in [6, 6.07) is 15.4. The average Bonchev–Trinajstić information content (AvgIpc) is 3.47. The van der Waals surface area contributed by atoms with Gasteiger partial charge in [0.25, 0.3) is 5.89 Å². The molecule has 0 spiro atoms. The minimum absolute atomic E-state index is 0.0334. The third-order valence-corrected chi connectivity index (χ3v) is 5.94. The lowest BCUT2D eigenvalue weighted by Gasteiger charge is -2.14. The van der Waals surface area contributed by atoms with Crippen LogP contribution in [-0.2, 0) is 11.2 Å². The van der Waals surface area contributed by atoms with E-state index in [1.807, 2.05) is 43.0 Å². The Morgan fingerprint density at radius 3 is 2.91 bits per heavy atom. The average molecular weight is 461 g/mol. The maximum absolute atomic E-state index is 11.0. The van der Waals surface area contributed by atoms with Crippen molar-refractivity contribution >= 4 is 5.97 Å². The van der Waals surface area contributed by atoms with Crippen molar-refractivity contribution in [1.29, 1.82) is 5.26 Å². The Labute approximate surface area is 198 Å². The first kappa shape index (κ1) is 23.5. The molecule has 8 heteroatoms. The van der Waals surface area contributed by atoms with E-state index >= 15 is 0 Å². The molecule has 0 saturated carbocycles. The van der Waals surface area contributed by atoms with Gasteiger partial charge in [0.05, 0.1) is 18.2 Å². The van der Waals surface area contributed by atoms with Crippen LogP contribution in [0.4, 0.5) is 0 Å². The van der Waals surface area contributed by atoms with Crippen LogP contribution < -0.4 is 4.74 Å². The summed E-state index contributed by atoms with van der Waals surface area (Å²) < 4.78 is 11.2. The van der Waals surface area contributed by atoms with Crippen LogP contribution >= 0.6 is 0 Å². The van der Waals surface area contributed by atoms with Gasteiger partial charge < -0.3 is 14.4 Å². The summed E-state index contributed by atoms with van der Waals surface area (Å²) in [5, 5.41) is 22.7. The predicted octanol–water partition coefficient (Wildman–Crippen LogP) is 4.40. The molecule has 0 aliphatic carbocycles. The molecule has 0 radical (unpaired) electrons. The molecule has 1 fully saturated rings. The van der Waals surface area contributed by atoms with E-state index in [2.05, 4.69) is 22.3 Å². The highest BCUT2D eigenvalue weighted by atomic mass is 16.5. The van der Waals surface area contributed by atoms with Crippen molar-refractivity contribution in [3.8, 4) is 34.7 Å². The van der Waals surface area contributed by atoms with Gasteiger partial charge in [-0.25, -0.2) is 0 Å². The Balaban J connectivity index is 1.48. The summed E-state index contributed by atoms with van der Waals surface area (Å²) in [5.74, 6) is 1.08. The number of rotatable bonds is 9. The van der Waals surface area contributed by atoms with E-state index in [0.29, 0.717) is 34.5 Å². The first-order valence-electron chi connectivity index (χ1n) is 11.5. The van der Waals surface area contributed by atoms with Crippen LogP contribution in [0.1, 0.15) is 37.8 Å². The van der Waals surface area contributed by atoms with Crippen LogP contribution in [0, 0.1) is 17.2 Å². The van der Waals surface area contributed by atoms with Gasteiger partial charge in [0, 0.05) is 17.7 Å². The molecule has 0 amide bonds. The molecule has 1 aliphatic rings. The monoisotopic (exact) mass is 460 g/mol. The summed E-state index contributed by atoms with van der Waals surface area (Å²) in [5.41, 5.74) is 3.12. The number of aliphatic carboxylic acids is 1. The second-order valence-corrected chi connectivity index (χ2v) is 8.89. The topological polar surface area (TPSA) is 112 Å². The number of hydrogen-bond donors (Lipinski definition) is 1. The van der Waals surface area contributed by atoms with Crippen molar-refractivity contribution in [2.24, 2.45) is 5.92 Å². The molecular weight excluding hydrogens is 432 g/mol. The zero-order chi connectivity index (χ0) is 24.1. The molecule has 176 valence electrons. The minimum atomic E-state index is -0.775. The molecule has 1 unspecified atom stereocenters. The molecule has 34 heavy (non-hydrogen) atoms. The number of benzene rings is 2. The fourth-order valence-corrected chi connectivity index (χ4v) is 4.36. The number of nitriles is 1. The largest absolute Gasteiger partial charge is 0.490 e. The number of nitrogens with zero attached hydrogens (tertiary/aromatic N) is 4. The Bertz CT molecular complexity index is 1200. The highest BCUT2D eigenvalue weighted by Gasteiger charge is 2.24. The van der Waals surface area contributed by atoms with Crippen molar-refractivity contribution < 1.29 is 19.2 Å². The van der Waals surface area contributed by atoms with Crippen molar-refractivity contribution in [2.75, 3.05) is 19.6 Å². The number of aryl methyl sites for hydroxylation is 1. The fraction of sp³-hybridized carbons (Fsp3) is 0.385. The second kappa shape index (κ2) is 10.5. The number of aromatic nitrogens is 2. The maximum Gasteiger partial charge on any atom is 0.317 e. The summed E-state index contributed by atoms with van der Waals surface area (Å²) in [6.45, 7) is 5.58. The van der Waals surface area contributed by atoms with Gasteiger partial charge in [0.1, 0.15) is 11.8 Å². The van der Waals surface area contributed by atoms with E-state index in [4.69, 9.17) is 14.4 Å². The quantitative estimate of drug-likeness (QED) is 0.500. The predicted molar refractivity (Wildman–Crippen MR) is 126 cm³/mol. The highest BCUT2D eigenvalue weighted by molar-refractivity contribution is 5.69. The summed E-state index contributed by atoms with van der Waals surface area (Å²) in [4.78, 5) is 17.6. The molecule has 4 rings (SSSR count). The Morgan fingerprint density at radius 1 is 1.32 bits per heavy atom. The highest BCUT2D eigenvalue weighted by Crippen LogP contribution is 2.30. The molecule has 8 nitrogen and oxygen atoms in total. The molecular formula is C26H28N4O4. The van der Waals surface area contributed by atoms with E-state index in [9.17, 15) is 10.1 Å². The van der Waals surface area contributed by atoms with Crippen LogP contribution in [0.3, 0.4) is 0 Å². The smallest absolute Gasteiger partial charge is 0.317 e. The van der Waals surface area contributed by atoms with Gasteiger partial charge in [-0.3, -0.25) is 9.69 Å². The molecule has 1 aromatic heterocycles. The molecule has 0 bridgehead atoms. The number of likely N-dealkylation sites (tertiary alicyclic amines) is 1. The van der Waals surface area contributed by atoms with Crippen molar-refractivity contribution in [3.05, 3.63) is 53.6 Å². The number of carbonyl (C=O) groups is 1. The van der Waals surface area contributed by atoms with Crippen LogP contribution in [0.25, 0.3) is 22.8 Å². The molecule has 1 N–H and O–H groups in total. The van der Waals surface area contributed by atoms with E-state index in [-0.39, 0.29) is 12.6 Å². The van der Waals surface area contributed by atoms with E-state index < -0.39 is 5.97 Å². The zero-order valence-corrected chi connectivity index (χ0v) is 19.4. The van der Waals surface area contributed by atoms with Gasteiger partial charge in [0.15, 0.2) is 0 Å². The molecule has 3 aromatic rings. The van der Waals surface area contributed by atoms with Crippen LogP contribution in [0.2, 0.25) is 0 Å². The van der Waals surface area contributed by atoms with Gasteiger partial charge in [-0.15, -0.1) is 0 Å². The number of carboxylic acids is 1. The summed E-state index contributed by atoms with van der Waals surface area (Å²) in [6.07, 6.45) is 2.81. The van der Waals surface area contributed by atoms with Crippen molar-refractivity contribution in [3.63, 3.8) is 0 Å². The SMILES string of the molecule is CC(C)Oc1ccc(-c2nc(-c3ccccc3CCC3CCN(CC(=O)O)C3)no2)cc1C#N.